The summed E-state index contributed by atoms with van der Waals surface area (Å²) in [6, 6.07) is 9.40. The number of hydrogen-bond donors (Lipinski definition) is 2. The summed E-state index contributed by atoms with van der Waals surface area (Å²) < 4.78 is 0. The van der Waals surface area contributed by atoms with E-state index >= 15 is 0 Å². The Balaban J connectivity index is 1.79. The predicted molar refractivity (Wildman–Crippen MR) is 64.5 cm³/mol. The average Bonchev–Trinajstić information content (AvgIpc) is 3.18. The van der Waals surface area contributed by atoms with Crippen molar-refractivity contribution in [2.45, 2.75) is 18.9 Å². The quantitative estimate of drug-likeness (QED) is 0.741. The van der Waals surface area contributed by atoms with Crippen LogP contribution < -0.4 is 10.6 Å². The molecule has 0 bridgehead atoms. The van der Waals surface area contributed by atoms with Gasteiger partial charge in [-0.1, -0.05) is 6.07 Å². The highest BCUT2D eigenvalue weighted by Gasteiger charge is 2.19. The standard InChI is InChI=1S/C13H15N3O/c14-9-10-2-1-3-11(8-10)13(17)16-7-6-15-12-4-5-12/h1-3,8,12,15H,4-7H2,(H,16,17). The first-order chi connectivity index (χ1) is 8.29. The second kappa shape index (κ2) is 5.46. The summed E-state index contributed by atoms with van der Waals surface area (Å²) in [5.74, 6) is -0.125. The molecule has 1 saturated carbocycles. The van der Waals surface area contributed by atoms with E-state index in [4.69, 9.17) is 5.26 Å². The molecule has 0 radical (unpaired) electrons. The van der Waals surface area contributed by atoms with Crippen molar-refractivity contribution in [3.63, 3.8) is 0 Å². The zero-order valence-corrected chi connectivity index (χ0v) is 9.57. The third-order valence-electron chi connectivity index (χ3n) is 2.67. The van der Waals surface area contributed by atoms with Crippen molar-refractivity contribution in [1.82, 2.24) is 10.6 Å². The molecule has 0 heterocycles. The molecule has 2 rings (SSSR count). The molecule has 4 nitrogen and oxygen atoms in total. The molecule has 17 heavy (non-hydrogen) atoms. The zero-order chi connectivity index (χ0) is 12.1. The van der Waals surface area contributed by atoms with Crippen molar-refractivity contribution in [3.8, 4) is 6.07 Å². The molecule has 0 aliphatic heterocycles. The molecule has 0 atom stereocenters. The third kappa shape index (κ3) is 3.58. The highest BCUT2D eigenvalue weighted by molar-refractivity contribution is 5.94. The minimum atomic E-state index is -0.125. The van der Waals surface area contributed by atoms with Crippen LogP contribution in [0.5, 0.6) is 0 Å². The van der Waals surface area contributed by atoms with Crippen molar-refractivity contribution in [1.29, 1.82) is 5.26 Å². The second-order valence-corrected chi connectivity index (χ2v) is 4.18. The van der Waals surface area contributed by atoms with Gasteiger partial charge in [-0.15, -0.1) is 0 Å². The number of rotatable bonds is 5. The van der Waals surface area contributed by atoms with Crippen LogP contribution >= 0.6 is 0 Å². The summed E-state index contributed by atoms with van der Waals surface area (Å²) in [7, 11) is 0. The Labute approximate surface area is 101 Å². The van der Waals surface area contributed by atoms with E-state index in [0.29, 0.717) is 23.7 Å². The summed E-state index contributed by atoms with van der Waals surface area (Å²) in [6.45, 7) is 1.42. The summed E-state index contributed by atoms with van der Waals surface area (Å²) in [5, 5.41) is 14.9. The molecule has 1 amide bonds. The lowest BCUT2D eigenvalue weighted by Gasteiger charge is -2.06. The Bertz CT molecular complexity index is 446. The maximum atomic E-state index is 11.7. The van der Waals surface area contributed by atoms with E-state index in [-0.39, 0.29) is 5.91 Å². The molecular formula is C13H15N3O. The normalized spacial score (nSPS) is 14.1. The van der Waals surface area contributed by atoms with Gasteiger partial charge in [-0.3, -0.25) is 4.79 Å². The largest absolute Gasteiger partial charge is 0.351 e. The first-order valence-electron chi connectivity index (χ1n) is 5.81. The van der Waals surface area contributed by atoms with E-state index in [1.54, 1.807) is 24.3 Å². The fourth-order valence-electron chi connectivity index (χ4n) is 1.57. The van der Waals surface area contributed by atoms with Crippen LogP contribution in [0.25, 0.3) is 0 Å². The Kier molecular flexibility index (Phi) is 3.73. The molecule has 2 N–H and O–H groups in total. The van der Waals surface area contributed by atoms with Crippen LogP contribution in [-0.2, 0) is 0 Å². The summed E-state index contributed by atoms with van der Waals surface area (Å²) in [5.41, 5.74) is 1.05. The molecule has 1 aromatic rings. The van der Waals surface area contributed by atoms with Gasteiger partial charge in [-0.05, 0) is 31.0 Å². The van der Waals surface area contributed by atoms with E-state index in [0.717, 1.165) is 6.54 Å². The molecule has 1 aromatic carbocycles. The van der Waals surface area contributed by atoms with Crippen molar-refractivity contribution in [2.75, 3.05) is 13.1 Å². The number of amides is 1. The monoisotopic (exact) mass is 229 g/mol. The number of nitrogens with zero attached hydrogens (tertiary/aromatic N) is 1. The number of nitrogens with one attached hydrogen (secondary N) is 2. The maximum Gasteiger partial charge on any atom is 0.251 e. The van der Waals surface area contributed by atoms with E-state index in [9.17, 15) is 4.79 Å². The van der Waals surface area contributed by atoms with Crippen molar-refractivity contribution in [2.24, 2.45) is 0 Å². The van der Waals surface area contributed by atoms with Crippen molar-refractivity contribution < 1.29 is 4.79 Å². The number of carbonyl (C=O) groups is 1. The smallest absolute Gasteiger partial charge is 0.251 e. The first-order valence-corrected chi connectivity index (χ1v) is 5.81. The highest BCUT2D eigenvalue weighted by atomic mass is 16.1. The van der Waals surface area contributed by atoms with Gasteiger partial charge in [0.1, 0.15) is 0 Å². The van der Waals surface area contributed by atoms with E-state index < -0.39 is 0 Å². The lowest BCUT2D eigenvalue weighted by Crippen LogP contribution is -2.32. The number of nitriles is 1. The first kappa shape index (κ1) is 11.6. The molecule has 0 unspecified atom stereocenters. The van der Waals surface area contributed by atoms with Crippen LogP contribution in [0.1, 0.15) is 28.8 Å². The maximum absolute atomic E-state index is 11.7. The summed E-state index contributed by atoms with van der Waals surface area (Å²) in [6.07, 6.45) is 2.50. The van der Waals surface area contributed by atoms with Crippen LogP contribution in [0.2, 0.25) is 0 Å². The Hall–Kier alpha value is -1.86. The number of benzene rings is 1. The highest BCUT2D eigenvalue weighted by Crippen LogP contribution is 2.17. The fraction of sp³-hybridized carbons (Fsp3) is 0.385. The molecule has 0 saturated heterocycles. The lowest BCUT2D eigenvalue weighted by atomic mass is 10.1. The molecular weight excluding hydrogens is 214 g/mol. The van der Waals surface area contributed by atoms with Gasteiger partial charge in [0.05, 0.1) is 11.6 Å². The Morgan fingerprint density at radius 3 is 2.94 bits per heavy atom. The van der Waals surface area contributed by atoms with Gasteiger partial charge in [-0.25, -0.2) is 0 Å². The van der Waals surface area contributed by atoms with E-state index in [1.807, 2.05) is 6.07 Å². The molecule has 88 valence electrons. The van der Waals surface area contributed by atoms with Gasteiger partial charge in [0, 0.05) is 24.7 Å². The molecule has 1 aliphatic rings. The Morgan fingerprint density at radius 1 is 1.41 bits per heavy atom. The van der Waals surface area contributed by atoms with Crippen LogP contribution in [0.15, 0.2) is 24.3 Å². The fourth-order valence-corrected chi connectivity index (χ4v) is 1.57. The molecule has 1 aliphatic carbocycles. The van der Waals surface area contributed by atoms with Crippen LogP contribution in [0.3, 0.4) is 0 Å². The van der Waals surface area contributed by atoms with Gasteiger partial charge in [0.2, 0.25) is 0 Å². The van der Waals surface area contributed by atoms with Crippen molar-refractivity contribution >= 4 is 5.91 Å². The lowest BCUT2D eigenvalue weighted by molar-refractivity contribution is 0.0954. The van der Waals surface area contributed by atoms with Gasteiger partial charge in [0.25, 0.3) is 5.91 Å². The molecule has 4 heteroatoms. The SMILES string of the molecule is N#Cc1cccc(C(=O)NCCNC2CC2)c1. The van der Waals surface area contributed by atoms with Crippen molar-refractivity contribution in [3.05, 3.63) is 35.4 Å². The Morgan fingerprint density at radius 2 is 2.24 bits per heavy atom. The summed E-state index contributed by atoms with van der Waals surface area (Å²) in [4.78, 5) is 11.7. The van der Waals surface area contributed by atoms with E-state index in [2.05, 4.69) is 10.6 Å². The number of carbonyl (C=O) groups excluding carboxylic acids is 1. The summed E-state index contributed by atoms with van der Waals surface area (Å²) >= 11 is 0. The van der Waals surface area contributed by atoms with Gasteiger partial charge in [0.15, 0.2) is 0 Å². The predicted octanol–water partition coefficient (Wildman–Crippen LogP) is 1.04. The minimum absolute atomic E-state index is 0.125. The minimum Gasteiger partial charge on any atom is -0.351 e. The topological polar surface area (TPSA) is 64.9 Å². The van der Waals surface area contributed by atoms with Crippen LogP contribution in [0, 0.1) is 11.3 Å². The third-order valence-corrected chi connectivity index (χ3v) is 2.67. The second-order valence-electron chi connectivity index (χ2n) is 4.18. The average molecular weight is 229 g/mol. The van der Waals surface area contributed by atoms with Crippen LogP contribution in [-0.4, -0.2) is 25.0 Å². The number of hydrogen-bond acceptors (Lipinski definition) is 3. The van der Waals surface area contributed by atoms with Crippen LogP contribution in [0.4, 0.5) is 0 Å². The van der Waals surface area contributed by atoms with Gasteiger partial charge in [-0.2, -0.15) is 5.26 Å². The molecule has 0 spiro atoms. The molecule has 0 aromatic heterocycles. The van der Waals surface area contributed by atoms with Gasteiger partial charge < -0.3 is 10.6 Å². The zero-order valence-electron chi connectivity index (χ0n) is 9.57. The van der Waals surface area contributed by atoms with E-state index in [1.165, 1.54) is 12.8 Å². The van der Waals surface area contributed by atoms with Gasteiger partial charge >= 0.3 is 0 Å². The molecule has 1 fully saturated rings.